The molecule has 94 valence electrons. The highest BCUT2D eigenvalue weighted by molar-refractivity contribution is 7.87. The fourth-order valence-corrected chi connectivity index (χ4v) is 2.26. The van der Waals surface area contributed by atoms with Crippen LogP contribution >= 0.6 is 11.6 Å². The summed E-state index contributed by atoms with van der Waals surface area (Å²) in [5, 5.41) is -0.114. The van der Waals surface area contributed by atoms with E-state index in [1.165, 1.54) is 24.4 Å². The van der Waals surface area contributed by atoms with Crippen LogP contribution in [0.5, 0.6) is 0 Å². The second kappa shape index (κ2) is 4.89. The number of nitrogens with zero attached hydrogens (tertiary/aromatic N) is 3. The van der Waals surface area contributed by atoms with Crippen LogP contribution in [0.1, 0.15) is 0 Å². The van der Waals surface area contributed by atoms with Gasteiger partial charge in [-0.25, -0.2) is 4.98 Å². The molecule has 6 nitrogen and oxygen atoms in total. The van der Waals surface area contributed by atoms with Crippen LogP contribution in [-0.2, 0) is 10.3 Å². The predicted octanol–water partition coefficient (Wildman–Crippen LogP) is 2.07. The average Bonchev–Trinajstić information content (AvgIpc) is 2.28. The predicted molar refractivity (Wildman–Crippen MR) is 67.2 cm³/mol. The van der Waals surface area contributed by atoms with E-state index < -0.39 is 10.3 Å². The van der Waals surface area contributed by atoms with Crippen molar-refractivity contribution < 1.29 is 13.0 Å². The maximum absolute atomic E-state index is 11.4. The van der Waals surface area contributed by atoms with Gasteiger partial charge in [0.25, 0.3) is 0 Å². The minimum Gasteiger partial charge on any atom is -0.269 e. The molecular formula is C10H8ClN3O3S. The molecule has 0 saturated carbocycles. The highest BCUT2D eigenvalue weighted by Gasteiger charge is 2.23. The van der Waals surface area contributed by atoms with Crippen molar-refractivity contribution >= 4 is 33.4 Å². The lowest BCUT2D eigenvalue weighted by Crippen LogP contribution is -2.26. The Kier molecular flexibility index (Phi) is 3.46. The second-order valence-electron chi connectivity index (χ2n) is 3.26. The van der Waals surface area contributed by atoms with Crippen molar-refractivity contribution in [3.05, 3.63) is 47.9 Å². The molecule has 0 saturated heterocycles. The Morgan fingerprint density at radius 1 is 1.17 bits per heavy atom. The molecule has 0 aliphatic rings. The van der Waals surface area contributed by atoms with Gasteiger partial charge in [-0.15, -0.1) is 0 Å². The first kappa shape index (κ1) is 12.7. The molecule has 0 aliphatic heterocycles. The van der Waals surface area contributed by atoms with Crippen molar-refractivity contribution in [2.24, 2.45) is 0 Å². The van der Waals surface area contributed by atoms with Gasteiger partial charge in [-0.1, -0.05) is 18.2 Å². The summed E-state index contributed by atoms with van der Waals surface area (Å²) in [4.78, 5) is 7.41. The Bertz CT molecular complexity index is 648. The summed E-state index contributed by atoms with van der Waals surface area (Å²) in [6.07, 6.45) is 1.30. The van der Waals surface area contributed by atoms with Gasteiger partial charge in [-0.05, 0) is 23.7 Å². The number of para-hydroxylation sites is 1. The van der Waals surface area contributed by atoms with E-state index in [1.807, 2.05) is 0 Å². The van der Waals surface area contributed by atoms with E-state index in [0.717, 1.165) is 0 Å². The maximum Gasteiger partial charge on any atom is 0.365 e. The standard InChI is InChI=1S/C10H8ClN3O3S/c11-10-12-7-6-9(13-10)14(18(15,16)17)8-4-2-1-3-5-8/h1-7H,(H,15,16,17). The molecule has 0 radical (unpaired) electrons. The molecular weight excluding hydrogens is 278 g/mol. The van der Waals surface area contributed by atoms with Gasteiger partial charge in [-0.2, -0.15) is 17.7 Å². The largest absolute Gasteiger partial charge is 0.365 e. The van der Waals surface area contributed by atoms with Crippen LogP contribution in [0.4, 0.5) is 11.5 Å². The first-order valence-electron chi connectivity index (χ1n) is 4.80. The Balaban J connectivity index is 2.58. The summed E-state index contributed by atoms with van der Waals surface area (Å²) in [5.41, 5.74) is 0.245. The SMILES string of the molecule is O=S(=O)(O)N(c1ccccc1)c1ccnc(Cl)n1. The van der Waals surface area contributed by atoms with Crippen molar-refractivity contribution in [2.75, 3.05) is 4.31 Å². The van der Waals surface area contributed by atoms with Crippen molar-refractivity contribution in [3.63, 3.8) is 0 Å². The molecule has 0 bridgehead atoms. The van der Waals surface area contributed by atoms with Gasteiger partial charge in [0, 0.05) is 12.3 Å². The van der Waals surface area contributed by atoms with Crippen molar-refractivity contribution in [1.82, 2.24) is 9.97 Å². The quantitative estimate of drug-likeness (QED) is 0.689. The fourth-order valence-electron chi connectivity index (χ4n) is 1.39. The molecule has 0 unspecified atom stereocenters. The highest BCUT2D eigenvalue weighted by Crippen LogP contribution is 2.26. The Labute approximate surface area is 109 Å². The third-order valence-corrected chi connectivity index (χ3v) is 3.08. The Hall–Kier alpha value is -1.70. The average molecular weight is 286 g/mol. The lowest BCUT2D eigenvalue weighted by Gasteiger charge is -2.19. The third kappa shape index (κ3) is 2.76. The van der Waals surface area contributed by atoms with E-state index >= 15 is 0 Å². The molecule has 2 rings (SSSR count). The molecule has 8 heteroatoms. The Morgan fingerprint density at radius 2 is 1.83 bits per heavy atom. The van der Waals surface area contributed by atoms with Gasteiger partial charge in [0.15, 0.2) is 5.82 Å². The van der Waals surface area contributed by atoms with Crippen LogP contribution < -0.4 is 4.31 Å². The zero-order valence-corrected chi connectivity index (χ0v) is 10.5. The van der Waals surface area contributed by atoms with Crippen LogP contribution in [0.3, 0.4) is 0 Å². The van der Waals surface area contributed by atoms with E-state index in [0.29, 0.717) is 4.31 Å². The summed E-state index contributed by atoms with van der Waals surface area (Å²) >= 11 is 5.60. The van der Waals surface area contributed by atoms with Crippen molar-refractivity contribution in [3.8, 4) is 0 Å². The van der Waals surface area contributed by atoms with Gasteiger partial charge >= 0.3 is 10.3 Å². The lowest BCUT2D eigenvalue weighted by molar-refractivity contribution is 0.483. The monoisotopic (exact) mass is 285 g/mol. The molecule has 1 aromatic heterocycles. The summed E-state index contributed by atoms with van der Waals surface area (Å²) in [6, 6.07) is 9.35. The van der Waals surface area contributed by atoms with E-state index in [4.69, 9.17) is 11.6 Å². The van der Waals surface area contributed by atoms with Gasteiger partial charge in [0.2, 0.25) is 5.28 Å². The summed E-state index contributed by atoms with van der Waals surface area (Å²) in [5.74, 6) is -0.0382. The third-order valence-electron chi connectivity index (χ3n) is 2.04. The second-order valence-corrected chi connectivity index (χ2v) is 4.86. The van der Waals surface area contributed by atoms with Crippen LogP contribution in [0.2, 0.25) is 5.28 Å². The van der Waals surface area contributed by atoms with Crippen LogP contribution in [0.25, 0.3) is 0 Å². The normalized spacial score (nSPS) is 11.2. The topological polar surface area (TPSA) is 83.4 Å². The molecule has 18 heavy (non-hydrogen) atoms. The van der Waals surface area contributed by atoms with E-state index in [1.54, 1.807) is 18.2 Å². The van der Waals surface area contributed by atoms with Crippen LogP contribution in [0, 0.1) is 0 Å². The zero-order valence-electron chi connectivity index (χ0n) is 8.93. The molecule has 0 aliphatic carbocycles. The zero-order chi connectivity index (χ0) is 13.2. The number of hydrogen-bond acceptors (Lipinski definition) is 4. The number of halogens is 1. The minimum atomic E-state index is -4.50. The van der Waals surface area contributed by atoms with Crippen molar-refractivity contribution in [1.29, 1.82) is 0 Å². The van der Waals surface area contributed by atoms with E-state index in [-0.39, 0.29) is 16.8 Å². The highest BCUT2D eigenvalue weighted by atomic mass is 35.5. The molecule has 2 aromatic rings. The number of anilines is 2. The molecule has 0 fully saturated rings. The Morgan fingerprint density at radius 3 is 2.39 bits per heavy atom. The van der Waals surface area contributed by atoms with Gasteiger partial charge in [0.1, 0.15) is 0 Å². The maximum atomic E-state index is 11.4. The summed E-state index contributed by atoms with van der Waals surface area (Å²) in [6.45, 7) is 0. The summed E-state index contributed by atoms with van der Waals surface area (Å²) in [7, 11) is -4.50. The molecule has 1 N–H and O–H groups in total. The molecule has 1 aromatic carbocycles. The smallest absolute Gasteiger partial charge is 0.269 e. The molecule has 1 heterocycles. The van der Waals surface area contributed by atoms with Gasteiger partial charge in [0.05, 0.1) is 5.69 Å². The molecule has 0 spiro atoms. The van der Waals surface area contributed by atoms with Gasteiger partial charge < -0.3 is 0 Å². The number of benzene rings is 1. The molecule has 0 atom stereocenters. The van der Waals surface area contributed by atoms with E-state index in [9.17, 15) is 13.0 Å². The summed E-state index contributed by atoms with van der Waals surface area (Å²) < 4.78 is 32.8. The first-order chi connectivity index (χ1) is 8.48. The van der Waals surface area contributed by atoms with Crippen LogP contribution in [-0.4, -0.2) is 22.9 Å². The number of hydrogen-bond donors (Lipinski definition) is 1. The number of rotatable bonds is 3. The first-order valence-corrected chi connectivity index (χ1v) is 6.57. The van der Waals surface area contributed by atoms with E-state index in [2.05, 4.69) is 9.97 Å². The van der Waals surface area contributed by atoms with Crippen LogP contribution in [0.15, 0.2) is 42.6 Å². The lowest BCUT2D eigenvalue weighted by atomic mass is 10.3. The number of aromatic nitrogens is 2. The van der Waals surface area contributed by atoms with Gasteiger partial charge in [-0.3, -0.25) is 4.55 Å². The van der Waals surface area contributed by atoms with Crippen molar-refractivity contribution in [2.45, 2.75) is 0 Å². The fraction of sp³-hybridized carbons (Fsp3) is 0. The molecule has 0 amide bonds. The minimum absolute atomic E-state index is 0.0382.